The van der Waals surface area contributed by atoms with E-state index in [1.165, 1.54) is 0 Å². The number of nitrogens with zero attached hydrogens (tertiary/aromatic N) is 1. The molecule has 6 heteroatoms. The number of carbonyl (C=O) groups excluding carboxylic acids is 1. The Hall–Kier alpha value is -2.08. The predicted molar refractivity (Wildman–Crippen MR) is 91.1 cm³/mol. The SMILES string of the molecule is CCc1cnccc1NC(=O)Cc1cc2c(cc1Br)OCCO2. The second kappa shape index (κ2) is 7.00. The summed E-state index contributed by atoms with van der Waals surface area (Å²) in [6.07, 6.45) is 4.52. The molecule has 0 unspecified atom stereocenters. The first-order chi connectivity index (χ1) is 11.2. The van der Waals surface area contributed by atoms with Crippen molar-refractivity contribution >= 4 is 27.5 Å². The highest BCUT2D eigenvalue weighted by Gasteiger charge is 2.17. The van der Waals surface area contributed by atoms with Crippen molar-refractivity contribution in [1.29, 1.82) is 0 Å². The summed E-state index contributed by atoms with van der Waals surface area (Å²) in [6, 6.07) is 5.52. The lowest BCUT2D eigenvalue weighted by Crippen LogP contribution is -2.18. The first-order valence-electron chi connectivity index (χ1n) is 7.48. The minimum absolute atomic E-state index is 0.0803. The van der Waals surface area contributed by atoms with Crippen LogP contribution in [-0.4, -0.2) is 24.1 Å². The van der Waals surface area contributed by atoms with Crippen LogP contribution in [0.25, 0.3) is 0 Å². The fourth-order valence-corrected chi connectivity index (χ4v) is 2.90. The summed E-state index contributed by atoms with van der Waals surface area (Å²) in [5.41, 5.74) is 2.68. The van der Waals surface area contributed by atoms with E-state index >= 15 is 0 Å². The van der Waals surface area contributed by atoms with Gasteiger partial charge in [-0.1, -0.05) is 22.9 Å². The molecule has 0 spiro atoms. The van der Waals surface area contributed by atoms with Crippen molar-refractivity contribution in [3.63, 3.8) is 0 Å². The molecule has 1 aliphatic heterocycles. The van der Waals surface area contributed by atoms with Gasteiger partial charge in [0.2, 0.25) is 5.91 Å². The predicted octanol–water partition coefficient (Wildman–Crippen LogP) is 3.36. The summed E-state index contributed by atoms with van der Waals surface area (Å²) in [7, 11) is 0. The van der Waals surface area contributed by atoms with Crippen LogP contribution >= 0.6 is 15.9 Å². The monoisotopic (exact) mass is 376 g/mol. The van der Waals surface area contributed by atoms with Gasteiger partial charge in [0, 0.05) is 22.6 Å². The third-order valence-electron chi connectivity index (χ3n) is 3.62. The van der Waals surface area contributed by atoms with Crippen LogP contribution in [0.3, 0.4) is 0 Å². The normalized spacial score (nSPS) is 12.8. The van der Waals surface area contributed by atoms with Gasteiger partial charge in [-0.15, -0.1) is 0 Å². The van der Waals surface area contributed by atoms with Crippen LogP contribution in [0.1, 0.15) is 18.1 Å². The molecule has 0 saturated heterocycles. The van der Waals surface area contributed by atoms with Crippen LogP contribution in [0.15, 0.2) is 35.1 Å². The molecule has 23 heavy (non-hydrogen) atoms. The van der Waals surface area contributed by atoms with Crippen molar-refractivity contribution < 1.29 is 14.3 Å². The molecule has 2 aromatic rings. The first-order valence-corrected chi connectivity index (χ1v) is 8.27. The number of hydrogen-bond donors (Lipinski definition) is 1. The Bertz CT molecular complexity index is 734. The lowest BCUT2D eigenvalue weighted by atomic mass is 10.1. The minimum Gasteiger partial charge on any atom is -0.486 e. The molecule has 0 atom stereocenters. The molecule has 0 aliphatic carbocycles. The lowest BCUT2D eigenvalue weighted by Gasteiger charge is -2.20. The summed E-state index contributed by atoms with van der Waals surface area (Å²) in [6.45, 7) is 3.10. The highest BCUT2D eigenvalue weighted by Crippen LogP contribution is 2.35. The topological polar surface area (TPSA) is 60.5 Å². The number of benzene rings is 1. The molecule has 0 bridgehead atoms. The number of ether oxygens (including phenoxy) is 2. The summed E-state index contributed by atoms with van der Waals surface area (Å²) < 4.78 is 11.9. The molecule has 1 aliphatic rings. The Kier molecular flexibility index (Phi) is 4.81. The molecular formula is C17H17BrN2O3. The van der Waals surface area contributed by atoms with E-state index < -0.39 is 0 Å². The van der Waals surface area contributed by atoms with E-state index in [0.29, 0.717) is 24.7 Å². The van der Waals surface area contributed by atoms with Crippen LogP contribution in [0.5, 0.6) is 11.5 Å². The number of anilines is 1. The Labute approximate surface area is 143 Å². The van der Waals surface area contributed by atoms with E-state index in [0.717, 1.165) is 27.7 Å². The Balaban J connectivity index is 1.75. The van der Waals surface area contributed by atoms with Crippen molar-refractivity contribution in [1.82, 2.24) is 4.98 Å². The van der Waals surface area contributed by atoms with E-state index in [4.69, 9.17) is 9.47 Å². The smallest absolute Gasteiger partial charge is 0.228 e. The van der Waals surface area contributed by atoms with E-state index in [2.05, 4.69) is 26.2 Å². The zero-order valence-corrected chi connectivity index (χ0v) is 14.4. The summed E-state index contributed by atoms with van der Waals surface area (Å²) in [5.74, 6) is 1.30. The van der Waals surface area contributed by atoms with Gasteiger partial charge >= 0.3 is 0 Å². The van der Waals surface area contributed by atoms with Crippen molar-refractivity contribution in [3.8, 4) is 11.5 Å². The highest BCUT2D eigenvalue weighted by atomic mass is 79.9. The van der Waals surface area contributed by atoms with Crippen LogP contribution in [0, 0.1) is 0 Å². The van der Waals surface area contributed by atoms with Gasteiger partial charge in [-0.05, 0) is 35.7 Å². The van der Waals surface area contributed by atoms with Gasteiger partial charge in [0.15, 0.2) is 11.5 Å². The molecule has 1 aromatic heterocycles. The van der Waals surface area contributed by atoms with Crippen molar-refractivity contribution in [2.24, 2.45) is 0 Å². The van der Waals surface area contributed by atoms with Crippen LogP contribution in [-0.2, 0) is 17.6 Å². The molecule has 5 nitrogen and oxygen atoms in total. The maximum Gasteiger partial charge on any atom is 0.228 e. The van der Waals surface area contributed by atoms with Gasteiger partial charge in [-0.2, -0.15) is 0 Å². The summed E-state index contributed by atoms with van der Waals surface area (Å²) in [5, 5.41) is 2.95. The molecule has 0 saturated carbocycles. The Morgan fingerprint density at radius 3 is 2.74 bits per heavy atom. The number of hydrogen-bond acceptors (Lipinski definition) is 4. The average Bonchev–Trinajstić information content (AvgIpc) is 2.56. The number of pyridine rings is 1. The second-order valence-electron chi connectivity index (χ2n) is 5.20. The lowest BCUT2D eigenvalue weighted by molar-refractivity contribution is -0.115. The maximum atomic E-state index is 12.3. The standard InChI is InChI=1S/C17H17BrN2O3/c1-2-11-10-19-4-3-14(11)20-17(21)8-12-7-15-16(9-13(12)18)23-6-5-22-15/h3-4,7,9-10H,2,5-6,8H2,1H3,(H,19,20,21). The molecule has 0 fully saturated rings. The summed E-state index contributed by atoms with van der Waals surface area (Å²) >= 11 is 3.49. The number of rotatable bonds is 4. The van der Waals surface area contributed by atoms with Crippen LogP contribution < -0.4 is 14.8 Å². The maximum absolute atomic E-state index is 12.3. The number of carbonyl (C=O) groups is 1. The van der Waals surface area contributed by atoms with Gasteiger partial charge in [-0.25, -0.2) is 0 Å². The largest absolute Gasteiger partial charge is 0.486 e. The van der Waals surface area contributed by atoms with Crippen LogP contribution in [0.4, 0.5) is 5.69 Å². The minimum atomic E-state index is -0.0803. The van der Waals surface area contributed by atoms with Crippen molar-refractivity contribution in [2.45, 2.75) is 19.8 Å². The van der Waals surface area contributed by atoms with E-state index in [9.17, 15) is 4.79 Å². The van der Waals surface area contributed by atoms with Gasteiger partial charge in [0.25, 0.3) is 0 Å². The first kappa shape index (κ1) is 15.8. The fourth-order valence-electron chi connectivity index (χ4n) is 2.44. The Morgan fingerprint density at radius 2 is 2.00 bits per heavy atom. The number of nitrogens with one attached hydrogen (secondary N) is 1. The van der Waals surface area contributed by atoms with Gasteiger partial charge in [0.05, 0.1) is 6.42 Å². The molecule has 1 N–H and O–H groups in total. The molecule has 3 rings (SSSR count). The van der Waals surface area contributed by atoms with E-state index in [1.54, 1.807) is 12.4 Å². The van der Waals surface area contributed by atoms with E-state index in [1.807, 2.05) is 25.1 Å². The summed E-state index contributed by atoms with van der Waals surface area (Å²) in [4.78, 5) is 16.4. The number of aryl methyl sites for hydroxylation is 1. The van der Waals surface area contributed by atoms with E-state index in [-0.39, 0.29) is 12.3 Å². The molecule has 120 valence electrons. The number of halogens is 1. The quantitative estimate of drug-likeness (QED) is 0.888. The second-order valence-corrected chi connectivity index (χ2v) is 6.05. The third-order valence-corrected chi connectivity index (χ3v) is 4.36. The third kappa shape index (κ3) is 3.64. The number of amides is 1. The zero-order valence-electron chi connectivity index (χ0n) is 12.8. The fraction of sp³-hybridized carbons (Fsp3) is 0.294. The molecule has 2 heterocycles. The van der Waals surface area contributed by atoms with Crippen LogP contribution in [0.2, 0.25) is 0 Å². The zero-order chi connectivity index (χ0) is 16.2. The highest BCUT2D eigenvalue weighted by molar-refractivity contribution is 9.10. The molecular weight excluding hydrogens is 360 g/mol. The Morgan fingerprint density at radius 1 is 1.26 bits per heavy atom. The molecule has 1 amide bonds. The van der Waals surface area contributed by atoms with Gasteiger partial charge in [0.1, 0.15) is 13.2 Å². The number of fused-ring (bicyclic) bond motifs is 1. The average molecular weight is 377 g/mol. The molecule has 1 aromatic carbocycles. The number of aromatic nitrogens is 1. The van der Waals surface area contributed by atoms with Gasteiger partial charge in [-0.3, -0.25) is 9.78 Å². The van der Waals surface area contributed by atoms with Gasteiger partial charge < -0.3 is 14.8 Å². The van der Waals surface area contributed by atoms with Crippen molar-refractivity contribution in [3.05, 3.63) is 46.2 Å². The molecule has 0 radical (unpaired) electrons. The van der Waals surface area contributed by atoms with Crippen molar-refractivity contribution in [2.75, 3.05) is 18.5 Å².